The molecular formula is C20H19NO. The van der Waals surface area contributed by atoms with Crippen molar-refractivity contribution in [2.24, 2.45) is 0 Å². The zero-order valence-corrected chi connectivity index (χ0v) is 12.5. The quantitative estimate of drug-likeness (QED) is 0.621. The van der Waals surface area contributed by atoms with Gasteiger partial charge >= 0.3 is 0 Å². The first-order chi connectivity index (χ1) is 10.9. The van der Waals surface area contributed by atoms with Crippen LogP contribution in [0, 0.1) is 0 Å². The molecule has 2 nitrogen and oxygen atoms in total. The molecule has 110 valence electrons. The number of oxazole rings is 1. The van der Waals surface area contributed by atoms with Gasteiger partial charge in [-0.3, -0.25) is 0 Å². The topological polar surface area (TPSA) is 26.0 Å². The molecule has 1 aromatic heterocycles. The van der Waals surface area contributed by atoms with Crippen LogP contribution in [0.25, 0.3) is 22.6 Å². The third kappa shape index (κ3) is 2.45. The molecule has 1 aliphatic carbocycles. The molecule has 0 spiro atoms. The van der Waals surface area contributed by atoms with E-state index in [4.69, 9.17) is 9.40 Å². The predicted octanol–water partition coefficient (Wildman–Crippen LogP) is 5.67. The first kappa shape index (κ1) is 13.3. The highest BCUT2D eigenvalue weighted by molar-refractivity contribution is 5.76. The lowest BCUT2D eigenvalue weighted by Gasteiger charge is -2.02. The highest BCUT2D eigenvalue weighted by Crippen LogP contribution is 2.39. The summed E-state index contributed by atoms with van der Waals surface area (Å²) in [6, 6.07) is 20.6. The highest BCUT2D eigenvalue weighted by atomic mass is 16.4. The van der Waals surface area contributed by atoms with E-state index in [0.717, 1.165) is 28.5 Å². The lowest BCUT2D eigenvalue weighted by molar-refractivity contribution is 0.457. The summed E-state index contributed by atoms with van der Waals surface area (Å²) in [4.78, 5) is 4.87. The molecule has 4 rings (SSSR count). The minimum Gasteiger partial charge on any atom is -0.440 e. The van der Waals surface area contributed by atoms with E-state index in [0.29, 0.717) is 5.92 Å². The Hall–Kier alpha value is -2.35. The van der Waals surface area contributed by atoms with Crippen molar-refractivity contribution in [3.05, 3.63) is 66.6 Å². The predicted molar refractivity (Wildman–Crippen MR) is 88.6 cm³/mol. The van der Waals surface area contributed by atoms with Crippen LogP contribution >= 0.6 is 0 Å². The van der Waals surface area contributed by atoms with Crippen molar-refractivity contribution >= 4 is 0 Å². The molecule has 2 heteroatoms. The number of hydrogen-bond donors (Lipinski definition) is 0. The highest BCUT2D eigenvalue weighted by Gasteiger charge is 2.25. The molecule has 3 aromatic rings. The lowest BCUT2D eigenvalue weighted by atomic mass is 10.1. The second-order valence-electron chi connectivity index (χ2n) is 5.94. The third-order valence-electron chi connectivity index (χ3n) is 4.43. The summed E-state index contributed by atoms with van der Waals surface area (Å²) in [5, 5.41) is 0. The van der Waals surface area contributed by atoms with Gasteiger partial charge in [0.25, 0.3) is 0 Å². The normalized spacial score (nSPS) is 15.3. The van der Waals surface area contributed by atoms with Crippen LogP contribution < -0.4 is 0 Å². The maximum atomic E-state index is 6.23. The van der Waals surface area contributed by atoms with Crippen LogP contribution in [0.1, 0.15) is 37.5 Å². The third-order valence-corrected chi connectivity index (χ3v) is 4.43. The fraction of sp³-hybridized carbons (Fsp3) is 0.250. The Balaban J connectivity index is 1.84. The van der Waals surface area contributed by atoms with Crippen molar-refractivity contribution in [3.63, 3.8) is 0 Å². The first-order valence-corrected chi connectivity index (χ1v) is 8.03. The molecule has 0 amide bonds. The maximum Gasteiger partial charge on any atom is 0.198 e. The average molecular weight is 289 g/mol. The van der Waals surface area contributed by atoms with Crippen LogP contribution in [0.4, 0.5) is 0 Å². The van der Waals surface area contributed by atoms with E-state index in [2.05, 4.69) is 24.3 Å². The fourth-order valence-corrected chi connectivity index (χ4v) is 3.26. The Morgan fingerprint density at radius 2 is 1.36 bits per heavy atom. The Morgan fingerprint density at radius 3 is 2.00 bits per heavy atom. The molecule has 0 atom stereocenters. The molecule has 0 bridgehead atoms. The van der Waals surface area contributed by atoms with Gasteiger partial charge in [0.1, 0.15) is 5.69 Å². The minimum atomic E-state index is 0.486. The van der Waals surface area contributed by atoms with Gasteiger partial charge in [-0.15, -0.1) is 0 Å². The van der Waals surface area contributed by atoms with Gasteiger partial charge in [-0.2, -0.15) is 0 Å². The summed E-state index contributed by atoms with van der Waals surface area (Å²) < 4.78 is 6.23. The van der Waals surface area contributed by atoms with E-state index in [-0.39, 0.29) is 0 Å². The maximum absolute atomic E-state index is 6.23. The van der Waals surface area contributed by atoms with Gasteiger partial charge in [0.2, 0.25) is 0 Å². The zero-order valence-electron chi connectivity index (χ0n) is 12.5. The molecule has 0 saturated heterocycles. The number of aromatic nitrogens is 1. The molecule has 0 N–H and O–H groups in total. The molecule has 22 heavy (non-hydrogen) atoms. The second kappa shape index (κ2) is 5.80. The van der Waals surface area contributed by atoms with E-state index >= 15 is 0 Å². The monoisotopic (exact) mass is 289 g/mol. The van der Waals surface area contributed by atoms with Crippen molar-refractivity contribution in [3.8, 4) is 22.6 Å². The van der Waals surface area contributed by atoms with Crippen molar-refractivity contribution in [1.29, 1.82) is 0 Å². The molecule has 1 fully saturated rings. The molecule has 0 unspecified atom stereocenters. The van der Waals surface area contributed by atoms with Crippen molar-refractivity contribution in [2.45, 2.75) is 31.6 Å². The van der Waals surface area contributed by atoms with Crippen LogP contribution in [0.15, 0.2) is 65.1 Å². The number of benzene rings is 2. The molecule has 0 aliphatic heterocycles. The number of nitrogens with zero attached hydrogens (tertiary/aromatic N) is 1. The Labute approximate surface area is 130 Å². The van der Waals surface area contributed by atoms with Crippen LogP contribution in [0.2, 0.25) is 0 Å². The zero-order chi connectivity index (χ0) is 14.8. The number of rotatable bonds is 3. The SMILES string of the molecule is c1ccc(-c2nc(C3CCCC3)oc2-c2ccccc2)cc1. The van der Waals surface area contributed by atoms with E-state index in [1.165, 1.54) is 25.7 Å². The smallest absolute Gasteiger partial charge is 0.198 e. The second-order valence-corrected chi connectivity index (χ2v) is 5.94. The molecule has 1 saturated carbocycles. The van der Waals surface area contributed by atoms with Gasteiger partial charge in [0.05, 0.1) is 0 Å². The average Bonchev–Trinajstić information content (AvgIpc) is 3.26. The lowest BCUT2D eigenvalue weighted by Crippen LogP contribution is -1.91. The van der Waals surface area contributed by atoms with Crippen molar-refractivity contribution in [1.82, 2.24) is 4.98 Å². The van der Waals surface area contributed by atoms with Crippen LogP contribution in [0.5, 0.6) is 0 Å². The molecule has 2 aromatic carbocycles. The summed E-state index contributed by atoms with van der Waals surface area (Å²) in [5.74, 6) is 2.30. The van der Waals surface area contributed by atoms with E-state index in [1.807, 2.05) is 36.4 Å². The van der Waals surface area contributed by atoms with E-state index in [1.54, 1.807) is 0 Å². The molecular weight excluding hydrogens is 270 g/mol. The molecule has 0 radical (unpaired) electrons. The number of hydrogen-bond acceptors (Lipinski definition) is 2. The first-order valence-electron chi connectivity index (χ1n) is 8.03. The minimum absolute atomic E-state index is 0.486. The largest absolute Gasteiger partial charge is 0.440 e. The van der Waals surface area contributed by atoms with Gasteiger partial charge in [-0.05, 0) is 12.8 Å². The standard InChI is InChI=1S/C20H19NO/c1-3-9-15(10-4-1)18-19(16-11-5-2-6-12-16)22-20(21-18)17-13-7-8-14-17/h1-6,9-12,17H,7-8,13-14H2. The van der Waals surface area contributed by atoms with Gasteiger partial charge in [0.15, 0.2) is 11.7 Å². The Morgan fingerprint density at radius 1 is 0.773 bits per heavy atom. The van der Waals surface area contributed by atoms with Gasteiger partial charge in [-0.1, -0.05) is 73.5 Å². The summed E-state index contributed by atoms with van der Waals surface area (Å²) in [6.07, 6.45) is 4.97. The van der Waals surface area contributed by atoms with Crippen LogP contribution in [0.3, 0.4) is 0 Å². The van der Waals surface area contributed by atoms with Crippen LogP contribution in [-0.2, 0) is 0 Å². The van der Waals surface area contributed by atoms with Gasteiger partial charge in [-0.25, -0.2) is 4.98 Å². The Kier molecular flexibility index (Phi) is 3.51. The molecule has 1 heterocycles. The summed E-state index contributed by atoms with van der Waals surface area (Å²) >= 11 is 0. The van der Waals surface area contributed by atoms with Gasteiger partial charge < -0.3 is 4.42 Å². The van der Waals surface area contributed by atoms with E-state index in [9.17, 15) is 0 Å². The fourth-order valence-electron chi connectivity index (χ4n) is 3.26. The van der Waals surface area contributed by atoms with E-state index < -0.39 is 0 Å². The van der Waals surface area contributed by atoms with Crippen molar-refractivity contribution < 1.29 is 4.42 Å². The summed E-state index contributed by atoms with van der Waals surface area (Å²) in [7, 11) is 0. The van der Waals surface area contributed by atoms with Gasteiger partial charge in [0, 0.05) is 17.0 Å². The van der Waals surface area contributed by atoms with Crippen molar-refractivity contribution in [2.75, 3.05) is 0 Å². The summed E-state index contributed by atoms with van der Waals surface area (Å²) in [6.45, 7) is 0. The molecule has 1 aliphatic rings. The Bertz CT molecular complexity index is 683. The summed E-state index contributed by atoms with van der Waals surface area (Å²) in [5.41, 5.74) is 3.18. The van der Waals surface area contributed by atoms with Crippen LogP contribution in [-0.4, -0.2) is 4.98 Å².